The van der Waals surface area contributed by atoms with E-state index in [0.717, 1.165) is 36.8 Å². The predicted molar refractivity (Wildman–Crippen MR) is 114 cm³/mol. The van der Waals surface area contributed by atoms with E-state index in [0.29, 0.717) is 30.0 Å². The van der Waals surface area contributed by atoms with Crippen LogP contribution in [0.4, 0.5) is 25.0 Å². The third-order valence-corrected chi connectivity index (χ3v) is 5.15. The average Bonchev–Trinajstić information content (AvgIpc) is 3.40. The third kappa shape index (κ3) is 5.00. The quantitative estimate of drug-likeness (QED) is 0.556. The topological polar surface area (TPSA) is 80.2 Å². The SMILES string of the molecule is Cn1nccc1-c1cc(NC(=O)Nc2ccc(F)cc2F)ccc1OC[C@H]1CCNC1. The zero-order valence-electron chi connectivity index (χ0n) is 17.0. The number of rotatable bonds is 6. The number of carbonyl (C=O) groups is 1. The molecule has 1 fully saturated rings. The van der Waals surface area contributed by atoms with Crippen molar-refractivity contribution in [2.75, 3.05) is 30.3 Å². The maximum Gasteiger partial charge on any atom is 0.323 e. The molecule has 2 amide bonds. The van der Waals surface area contributed by atoms with Gasteiger partial charge in [0.15, 0.2) is 0 Å². The first-order valence-electron chi connectivity index (χ1n) is 9.98. The van der Waals surface area contributed by atoms with Gasteiger partial charge in [-0.05, 0) is 49.4 Å². The summed E-state index contributed by atoms with van der Waals surface area (Å²) in [5, 5.41) is 12.6. The highest BCUT2D eigenvalue weighted by atomic mass is 19.1. The molecule has 2 aromatic carbocycles. The van der Waals surface area contributed by atoms with Crippen LogP contribution in [0, 0.1) is 17.6 Å². The van der Waals surface area contributed by atoms with Crippen molar-refractivity contribution in [3.05, 3.63) is 60.3 Å². The van der Waals surface area contributed by atoms with Crippen LogP contribution in [0.3, 0.4) is 0 Å². The Morgan fingerprint density at radius 2 is 2.10 bits per heavy atom. The zero-order chi connectivity index (χ0) is 21.8. The molecule has 1 atom stereocenters. The van der Waals surface area contributed by atoms with Crippen molar-refractivity contribution in [3.8, 4) is 17.0 Å². The molecule has 0 bridgehead atoms. The Morgan fingerprint density at radius 1 is 1.23 bits per heavy atom. The van der Waals surface area contributed by atoms with Crippen molar-refractivity contribution >= 4 is 17.4 Å². The summed E-state index contributed by atoms with van der Waals surface area (Å²) in [6, 6.07) is 9.44. The molecule has 4 rings (SSSR count). The second-order valence-corrected chi connectivity index (χ2v) is 7.42. The van der Waals surface area contributed by atoms with Gasteiger partial charge in [0, 0.05) is 43.0 Å². The Morgan fingerprint density at radius 3 is 2.81 bits per heavy atom. The van der Waals surface area contributed by atoms with Gasteiger partial charge in [-0.2, -0.15) is 5.10 Å². The van der Waals surface area contributed by atoms with Crippen molar-refractivity contribution in [1.29, 1.82) is 0 Å². The highest BCUT2D eigenvalue weighted by molar-refractivity contribution is 6.00. The van der Waals surface area contributed by atoms with Gasteiger partial charge in [-0.1, -0.05) is 0 Å². The van der Waals surface area contributed by atoms with Gasteiger partial charge in [0.1, 0.15) is 17.4 Å². The Kier molecular flexibility index (Phi) is 6.13. The fourth-order valence-electron chi connectivity index (χ4n) is 3.51. The van der Waals surface area contributed by atoms with E-state index in [4.69, 9.17) is 4.74 Å². The minimum Gasteiger partial charge on any atom is -0.493 e. The van der Waals surface area contributed by atoms with Crippen LogP contribution < -0.4 is 20.7 Å². The van der Waals surface area contributed by atoms with Gasteiger partial charge in [0.25, 0.3) is 0 Å². The van der Waals surface area contributed by atoms with Gasteiger partial charge >= 0.3 is 6.03 Å². The molecule has 1 saturated heterocycles. The Hall–Kier alpha value is -3.46. The van der Waals surface area contributed by atoms with E-state index in [-0.39, 0.29) is 5.69 Å². The van der Waals surface area contributed by atoms with Gasteiger partial charge in [0.05, 0.1) is 18.0 Å². The monoisotopic (exact) mass is 427 g/mol. The normalized spacial score (nSPS) is 15.6. The summed E-state index contributed by atoms with van der Waals surface area (Å²) in [5.41, 5.74) is 1.98. The highest BCUT2D eigenvalue weighted by Gasteiger charge is 2.18. The number of anilines is 2. The van der Waals surface area contributed by atoms with E-state index in [2.05, 4.69) is 21.0 Å². The zero-order valence-corrected chi connectivity index (χ0v) is 17.0. The van der Waals surface area contributed by atoms with Crippen molar-refractivity contribution in [1.82, 2.24) is 15.1 Å². The number of hydrogen-bond acceptors (Lipinski definition) is 4. The van der Waals surface area contributed by atoms with E-state index < -0.39 is 17.7 Å². The van der Waals surface area contributed by atoms with Gasteiger partial charge in [-0.25, -0.2) is 13.6 Å². The lowest BCUT2D eigenvalue weighted by Crippen LogP contribution is -2.20. The summed E-state index contributed by atoms with van der Waals surface area (Å²) in [5.74, 6) is -0.427. The molecule has 3 N–H and O–H groups in total. The number of aryl methyl sites for hydroxylation is 1. The molecule has 1 aliphatic heterocycles. The van der Waals surface area contributed by atoms with Gasteiger partial charge in [-0.3, -0.25) is 4.68 Å². The molecule has 0 radical (unpaired) electrons. The summed E-state index contributed by atoms with van der Waals surface area (Å²) in [4.78, 5) is 12.3. The fraction of sp³-hybridized carbons (Fsp3) is 0.273. The molecular weight excluding hydrogens is 404 g/mol. The molecule has 9 heteroatoms. The molecule has 0 aliphatic carbocycles. The van der Waals surface area contributed by atoms with Crippen LogP contribution in [0.15, 0.2) is 48.7 Å². The number of carbonyl (C=O) groups excluding carboxylic acids is 1. The van der Waals surface area contributed by atoms with Crippen molar-refractivity contribution < 1.29 is 18.3 Å². The van der Waals surface area contributed by atoms with Gasteiger partial charge in [-0.15, -0.1) is 0 Å². The van der Waals surface area contributed by atoms with E-state index >= 15 is 0 Å². The fourth-order valence-corrected chi connectivity index (χ4v) is 3.51. The highest BCUT2D eigenvalue weighted by Crippen LogP contribution is 2.33. The lowest BCUT2D eigenvalue weighted by Gasteiger charge is -2.16. The smallest absolute Gasteiger partial charge is 0.323 e. The van der Waals surface area contributed by atoms with Gasteiger partial charge < -0.3 is 20.7 Å². The first-order chi connectivity index (χ1) is 15.0. The summed E-state index contributed by atoms with van der Waals surface area (Å²) in [6.45, 7) is 2.52. The molecule has 2 heterocycles. The molecule has 31 heavy (non-hydrogen) atoms. The molecule has 0 unspecified atom stereocenters. The molecule has 3 aromatic rings. The van der Waals surface area contributed by atoms with E-state index in [1.807, 2.05) is 13.1 Å². The number of ether oxygens (including phenoxy) is 1. The van der Waals surface area contributed by atoms with Crippen LogP contribution in [0.5, 0.6) is 5.75 Å². The lowest BCUT2D eigenvalue weighted by atomic mass is 10.1. The van der Waals surface area contributed by atoms with Crippen LogP contribution in [-0.2, 0) is 7.05 Å². The van der Waals surface area contributed by atoms with E-state index in [1.54, 1.807) is 29.1 Å². The van der Waals surface area contributed by atoms with E-state index in [1.165, 1.54) is 6.07 Å². The minimum atomic E-state index is -0.851. The second kappa shape index (κ2) is 9.13. The summed E-state index contributed by atoms with van der Waals surface area (Å²) < 4.78 is 34.7. The average molecular weight is 427 g/mol. The second-order valence-electron chi connectivity index (χ2n) is 7.42. The molecule has 0 spiro atoms. The maximum absolute atomic E-state index is 13.8. The molecular formula is C22H23F2N5O2. The molecule has 7 nitrogen and oxygen atoms in total. The number of halogens is 2. The standard InChI is InChI=1S/C22H23F2N5O2/c1-29-20(7-9-26-29)17-11-16(3-5-21(17)31-13-14-6-8-25-12-14)27-22(30)28-19-4-2-15(23)10-18(19)24/h2-5,7,9-11,14,25H,6,8,12-13H2,1H3,(H2,27,28,30)/t14-/m0/s1. The number of amides is 2. The van der Waals surface area contributed by atoms with Crippen molar-refractivity contribution in [2.45, 2.75) is 6.42 Å². The first kappa shape index (κ1) is 20.8. The molecule has 1 aliphatic rings. The van der Waals surface area contributed by atoms with Crippen LogP contribution in [-0.4, -0.2) is 35.5 Å². The number of nitrogens with one attached hydrogen (secondary N) is 3. The number of aromatic nitrogens is 2. The van der Waals surface area contributed by atoms with Crippen LogP contribution in [0.25, 0.3) is 11.3 Å². The molecule has 162 valence electrons. The Bertz CT molecular complexity index is 1080. The number of urea groups is 1. The number of benzene rings is 2. The van der Waals surface area contributed by atoms with Crippen molar-refractivity contribution in [3.63, 3.8) is 0 Å². The first-order valence-corrected chi connectivity index (χ1v) is 9.98. The Balaban J connectivity index is 1.52. The maximum atomic E-state index is 13.8. The lowest BCUT2D eigenvalue weighted by molar-refractivity contribution is 0.260. The summed E-state index contributed by atoms with van der Waals surface area (Å²) in [6.07, 6.45) is 2.75. The Labute approximate surface area is 178 Å². The van der Waals surface area contributed by atoms with Crippen LogP contribution in [0.1, 0.15) is 6.42 Å². The van der Waals surface area contributed by atoms with Crippen LogP contribution in [0.2, 0.25) is 0 Å². The van der Waals surface area contributed by atoms with Crippen molar-refractivity contribution in [2.24, 2.45) is 13.0 Å². The minimum absolute atomic E-state index is 0.115. The van der Waals surface area contributed by atoms with E-state index in [9.17, 15) is 13.6 Å². The largest absolute Gasteiger partial charge is 0.493 e. The molecule has 1 aromatic heterocycles. The predicted octanol–water partition coefficient (Wildman–Crippen LogP) is 4.00. The molecule has 0 saturated carbocycles. The third-order valence-electron chi connectivity index (χ3n) is 5.15. The number of nitrogens with zero attached hydrogens (tertiary/aromatic N) is 2. The summed E-state index contributed by atoms with van der Waals surface area (Å²) in [7, 11) is 1.82. The summed E-state index contributed by atoms with van der Waals surface area (Å²) >= 11 is 0. The van der Waals surface area contributed by atoms with Gasteiger partial charge in [0.2, 0.25) is 0 Å². The number of hydrogen-bond donors (Lipinski definition) is 3. The van der Waals surface area contributed by atoms with Crippen LogP contribution >= 0.6 is 0 Å².